The standard InChI is InChI=1S/C13H12O4/c1-7-4-10(14)13(15)9-6-12(17-3)11(16-2)5-8(7)9/h4-6H,1-3H3. The Morgan fingerprint density at radius 3 is 2.00 bits per heavy atom. The van der Waals surface area contributed by atoms with Crippen molar-refractivity contribution in [3.8, 4) is 11.5 Å². The summed E-state index contributed by atoms with van der Waals surface area (Å²) in [5.41, 5.74) is 1.84. The second-order valence-corrected chi connectivity index (χ2v) is 3.77. The van der Waals surface area contributed by atoms with Crippen molar-refractivity contribution >= 4 is 17.1 Å². The summed E-state index contributed by atoms with van der Waals surface area (Å²) in [5, 5.41) is 0. The maximum Gasteiger partial charge on any atom is 0.233 e. The van der Waals surface area contributed by atoms with E-state index in [1.165, 1.54) is 20.3 Å². The summed E-state index contributed by atoms with van der Waals surface area (Å²) in [6.45, 7) is 1.79. The van der Waals surface area contributed by atoms with Crippen LogP contribution in [-0.2, 0) is 4.79 Å². The molecular formula is C13H12O4. The summed E-state index contributed by atoms with van der Waals surface area (Å²) < 4.78 is 10.3. The lowest BCUT2D eigenvalue weighted by Gasteiger charge is -2.16. The van der Waals surface area contributed by atoms with Gasteiger partial charge in [0.15, 0.2) is 11.5 Å². The van der Waals surface area contributed by atoms with E-state index in [0.717, 1.165) is 5.57 Å². The van der Waals surface area contributed by atoms with E-state index in [2.05, 4.69) is 0 Å². The molecule has 0 heterocycles. The van der Waals surface area contributed by atoms with Gasteiger partial charge in [0, 0.05) is 5.56 Å². The molecular weight excluding hydrogens is 220 g/mol. The molecule has 1 aromatic rings. The molecule has 0 radical (unpaired) electrons. The number of ether oxygens (including phenoxy) is 2. The van der Waals surface area contributed by atoms with Crippen molar-refractivity contribution in [1.82, 2.24) is 0 Å². The topological polar surface area (TPSA) is 52.6 Å². The second-order valence-electron chi connectivity index (χ2n) is 3.77. The molecule has 0 unspecified atom stereocenters. The average Bonchev–Trinajstić information content (AvgIpc) is 2.34. The molecule has 4 nitrogen and oxygen atoms in total. The summed E-state index contributed by atoms with van der Waals surface area (Å²) in [6, 6.07) is 3.26. The molecule has 0 bridgehead atoms. The molecule has 0 atom stereocenters. The summed E-state index contributed by atoms with van der Waals surface area (Å²) in [5.74, 6) is -0.0166. The molecule has 0 aliphatic heterocycles. The summed E-state index contributed by atoms with van der Waals surface area (Å²) in [4.78, 5) is 23.2. The third-order valence-electron chi connectivity index (χ3n) is 2.76. The maximum atomic E-state index is 11.7. The zero-order valence-electron chi connectivity index (χ0n) is 9.87. The highest BCUT2D eigenvalue weighted by Crippen LogP contribution is 2.35. The number of ketones is 2. The Balaban J connectivity index is 2.70. The monoisotopic (exact) mass is 232 g/mol. The molecule has 0 saturated carbocycles. The van der Waals surface area contributed by atoms with Gasteiger partial charge < -0.3 is 9.47 Å². The van der Waals surface area contributed by atoms with Crippen molar-refractivity contribution in [2.75, 3.05) is 14.2 Å². The predicted molar refractivity (Wildman–Crippen MR) is 62.5 cm³/mol. The third kappa shape index (κ3) is 1.71. The number of carbonyl (C=O) groups is 2. The van der Waals surface area contributed by atoms with Gasteiger partial charge >= 0.3 is 0 Å². The Labute approximate surface area is 98.8 Å². The summed E-state index contributed by atoms with van der Waals surface area (Å²) in [7, 11) is 3.02. The van der Waals surface area contributed by atoms with Gasteiger partial charge in [-0.05, 0) is 36.3 Å². The molecule has 1 aromatic carbocycles. The number of methoxy groups -OCH3 is 2. The van der Waals surface area contributed by atoms with Crippen LogP contribution < -0.4 is 9.47 Å². The molecule has 1 aliphatic carbocycles. The molecule has 88 valence electrons. The van der Waals surface area contributed by atoms with Gasteiger partial charge in [0.25, 0.3) is 0 Å². The van der Waals surface area contributed by atoms with Gasteiger partial charge in [0.2, 0.25) is 11.6 Å². The molecule has 4 heteroatoms. The number of carbonyl (C=O) groups excluding carboxylic acids is 2. The zero-order valence-corrected chi connectivity index (χ0v) is 9.87. The van der Waals surface area contributed by atoms with Crippen LogP contribution in [0.1, 0.15) is 22.8 Å². The lowest BCUT2D eigenvalue weighted by molar-refractivity contribution is -0.111. The molecule has 2 rings (SSSR count). The fourth-order valence-electron chi connectivity index (χ4n) is 1.87. The lowest BCUT2D eigenvalue weighted by Crippen LogP contribution is -2.18. The molecule has 0 saturated heterocycles. The molecule has 0 N–H and O–H groups in total. The van der Waals surface area contributed by atoms with Gasteiger partial charge in [-0.15, -0.1) is 0 Å². The predicted octanol–water partition coefficient (Wildman–Crippen LogP) is 1.87. The molecule has 17 heavy (non-hydrogen) atoms. The van der Waals surface area contributed by atoms with Crippen molar-refractivity contribution < 1.29 is 19.1 Å². The first-order valence-electron chi connectivity index (χ1n) is 5.12. The second kappa shape index (κ2) is 4.05. The van der Waals surface area contributed by atoms with E-state index < -0.39 is 11.6 Å². The van der Waals surface area contributed by atoms with Gasteiger partial charge in [-0.2, -0.15) is 0 Å². The molecule has 0 fully saturated rings. The summed E-state index contributed by atoms with van der Waals surface area (Å²) in [6.07, 6.45) is 1.34. The fraction of sp³-hybridized carbons (Fsp3) is 0.231. The highest BCUT2D eigenvalue weighted by atomic mass is 16.5. The number of hydrogen-bond donors (Lipinski definition) is 0. The SMILES string of the molecule is COc1cc2c(cc1OC)C(C)=CC(=O)C2=O. The smallest absolute Gasteiger partial charge is 0.233 e. The first kappa shape index (κ1) is 11.4. The minimum absolute atomic E-state index is 0.368. The Hall–Kier alpha value is -2.10. The van der Waals surface area contributed by atoms with Crippen molar-refractivity contribution in [2.24, 2.45) is 0 Å². The van der Waals surface area contributed by atoms with Crippen molar-refractivity contribution in [3.63, 3.8) is 0 Å². The van der Waals surface area contributed by atoms with E-state index in [0.29, 0.717) is 22.6 Å². The van der Waals surface area contributed by atoms with E-state index >= 15 is 0 Å². The third-order valence-corrected chi connectivity index (χ3v) is 2.76. The highest BCUT2D eigenvalue weighted by Gasteiger charge is 2.26. The Morgan fingerprint density at radius 2 is 1.47 bits per heavy atom. The Bertz CT molecular complexity index is 541. The quantitative estimate of drug-likeness (QED) is 0.730. The molecule has 0 spiro atoms. The molecule has 0 amide bonds. The lowest BCUT2D eigenvalue weighted by atomic mass is 9.89. The number of hydrogen-bond acceptors (Lipinski definition) is 4. The van der Waals surface area contributed by atoms with E-state index in [1.54, 1.807) is 19.1 Å². The fourth-order valence-corrected chi connectivity index (χ4v) is 1.87. The van der Waals surface area contributed by atoms with Crippen LogP contribution in [0.5, 0.6) is 11.5 Å². The Kier molecular flexibility index (Phi) is 2.71. The molecule has 0 aromatic heterocycles. The van der Waals surface area contributed by atoms with Gasteiger partial charge in [-0.25, -0.2) is 0 Å². The van der Waals surface area contributed by atoms with Crippen LogP contribution in [-0.4, -0.2) is 25.8 Å². The van der Waals surface area contributed by atoms with Gasteiger partial charge in [-0.3, -0.25) is 9.59 Å². The van der Waals surface area contributed by atoms with Crippen LogP contribution in [0.4, 0.5) is 0 Å². The van der Waals surface area contributed by atoms with E-state index in [1.807, 2.05) is 0 Å². The van der Waals surface area contributed by atoms with E-state index in [4.69, 9.17) is 9.47 Å². The largest absolute Gasteiger partial charge is 0.493 e. The van der Waals surface area contributed by atoms with Crippen molar-refractivity contribution in [3.05, 3.63) is 29.3 Å². The van der Waals surface area contributed by atoms with Crippen molar-refractivity contribution in [1.29, 1.82) is 0 Å². The Morgan fingerprint density at radius 1 is 0.941 bits per heavy atom. The zero-order chi connectivity index (χ0) is 12.6. The summed E-state index contributed by atoms with van der Waals surface area (Å²) >= 11 is 0. The average molecular weight is 232 g/mol. The first-order chi connectivity index (χ1) is 8.08. The highest BCUT2D eigenvalue weighted by molar-refractivity contribution is 6.50. The minimum Gasteiger partial charge on any atom is -0.493 e. The van der Waals surface area contributed by atoms with Crippen LogP contribution in [0.25, 0.3) is 5.57 Å². The van der Waals surface area contributed by atoms with E-state index in [-0.39, 0.29) is 0 Å². The first-order valence-corrected chi connectivity index (χ1v) is 5.12. The van der Waals surface area contributed by atoms with Crippen LogP contribution in [0.3, 0.4) is 0 Å². The van der Waals surface area contributed by atoms with Crippen molar-refractivity contribution in [2.45, 2.75) is 6.92 Å². The van der Waals surface area contributed by atoms with Gasteiger partial charge in [-0.1, -0.05) is 0 Å². The van der Waals surface area contributed by atoms with Crippen LogP contribution >= 0.6 is 0 Å². The van der Waals surface area contributed by atoms with Gasteiger partial charge in [0.05, 0.1) is 14.2 Å². The number of benzene rings is 1. The van der Waals surface area contributed by atoms with Crippen LogP contribution in [0.15, 0.2) is 18.2 Å². The number of allylic oxidation sites excluding steroid dienone is 2. The number of Topliss-reactive ketones (excluding diaryl/α,β-unsaturated/α-hetero) is 1. The number of fused-ring (bicyclic) bond motifs is 1. The maximum absolute atomic E-state index is 11.7. The van der Waals surface area contributed by atoms with Crippen LogP contribution in [0.2, 0.25) is 0 Å². The van der Waals surface area contributed by atoms with Gasteiger partial charge in [0.1, 0.15) is 0 Å². The minimum atomic E-state index is -0.508. The molecule has 1 aliphatic rings. The van der Waals surface area contributed by atoms with Crippen LogP contribution in [0, 0.1) is 0 Å². The normalized spacial score (nSPS) is 14.2. The number of rotatable bonds is 2. The van der Waals surface area contributed by atoms with E-state index in [9.17, 15) is 9.59 Å².